The van der Waals surface area contributed by atoms with Gasteiger partial charge in [-0.1, -0.05) is 6.58 Å². The van der Waals surface area contributed by atoms with Crippen LogP contribution in [0.25, 0.3) is 0 Å². The molecule has 1 aromatic heterocycles. The molecule has 18 heavy (non-hydrogen) atoms. The van der Waals surface area contributed by atoms with Crippen LogP contribution in [-0.2, 0) is 4.74 Å². The Morgan fingerprint density at radius 1 is 1.44 bits per heavy atom. The van der Waals surface area contributed by atoms with E-state index in [0.29, 0.717) is 5.56 Å². The number of nitrogens with zero attached hydrogens (tertiary/aromatic N) is 1. The highest BCUT2D eigenvalue weighted by Gasteiger charge is 2.16. The number of pyridine rings is 1. The lowest BCUT2D eigenvalue weighted by atomic mass is 10.2. The minimum Gasteiger partial charge on any atom is -0.444 e. The van der Waals surface area contributed by atoms with Crippen LogP contribution in [0.4, 0.5) is 10.6 Å². The van der Waals surface area contributed by atoms with Gasteiger partial charge in [0.15, 0.2) is 5.78 Å². The van der Waals surface area contributed by atoms with Crippen LogP contribution in [0.2, 0.25) is 0 Å². The number of carbonyl (C=O) groups is 2. The number of ether oxygens (including phenoxy) is 1. The van der Waals surface area contributed by atoms with Gasteiger partial charge in [0.25, 0.3) is 0 Å². The van der Waals surface area contributed by atoms with Crippen molar-refractivity contribution in [3.8, 4) is 0 Å². The van der Waals surface area contributed by atoms with Crippen LogP contribution in [0.5, 0.6) is 0 Å². The molecule has 96 valence electrons. The van der Waals surface area contributed by atoms with Gasteiger partial charge >= 0.3 is 6.09 Å². The molecule has 0 bridgehead atoms. The lowest BCUT2D eigenvalue weighted by Crippen LogP contribution is -2.27. The molecule has 1 amide bonds. The molecule has 1 aromatic rings. The topological polar surface area (TPSA) is 68.3 Å². The van der Waals surface area contributed by atoms with Crippen molar-refractivity contribution in [1.29, 1.82) is 0 Å². The number of rotatable bonds is 3. The predicted octanol–water partition coefficient (Wildman–Crippen LogP) is 2.80. The summed E-state index contributed by atoms with van der Waals surface area (Å²) < 4.78 is 5.07. The summed E-state index contributed by atoms with van der Waals surface area (Å²) in [5, 5.41) is 2.46. The summed E-state index contributed by atoms with van der Waals surface area (Å²) in [4.78, 5) is 26.8. The fraction of sp³-hybridized carbons (Fsp3) is 0.308. The highest BCUT2D eigenvalue weighted by atomic mass is 16.6. The van der Waals surface area contributed by atoms with Crippen molar-refractivity contribution in [3.05, 3.63) is 36.5 Å². The van der Waals surface area contributed by atoms with Gasteiger partial charge in [-0.3, -0.25) is 10.1 Å². The summed E-state index contributed by atoms with van der Waals surface area (Å²) >= 11 is 0. The molecule has 0 aromatic carbocycles. The molecule has 0 aliphatic heterocycles. The number of amides is 1. The van der Waals surface area contributed by atoms with E-state index in [2.05, 4.69) is 16.9 Å². The van der Waals surface area contributed by atoms with E-state index in [9.17, 15) is 9.59 Å². The van der Waals surface area contributed by atoms with E-state index >= 15 is 0 Å². The molecule has 5 nitrogen and oxygen atoms in total. The van der Waals surface area contributed by atoms with E-state index in [4.69, 9.17) is 4.74 Å². The van der Waals surface area contributed by atoms with Crippen molar-refractivity contribution in [3.63, 3.8) is 0 Å². The Morgan fingerprint density at radius 3 is 2.67 bits per heavy atom. The molecule has 0 aliphatic rings. The monoisotopic (exact) mass is 248 g/mol. The van der Waals surface area contributed by atoms with Crippen molar-refractivity contribution < 1.29 is 14.3 Å². The third kappa shape index (κ3) is 4.37. The largest absolute Gasteiger partial charge is 0.444 e. The van der Waals surface area contributed by atoms with Crippen LogP contribution in [0.1, 0.15) is 31.1 Å². The Morgan fingerprint density at radius 2 is 2.11 bits per heavy atom. The molecule has 1 heterocycles. The first-order chi connectivity index (χ1) is 8.31. The quantitative estimate of drug-likeness (QED) is 0.659. The second-order valence-electron chi connectivity index (χ2n) is 4.63. The van der Waals surface area contributed by atoms with Gasteiger partial charge in [0.1, 0.15) is 11.4 Å². The number of carbonyl (C=O) groups excluding carboxylic acids is 2. The van der Waals surface area contributed by atoms with Gasteiger partial charge in [0.2, 0.25) is 0 Å². The molecule has 0 unspecified atom stereocenters. The second kappa shape index (κ2) is 5.44. The van der Waals surface area contributed by atoms with E-state index < -0.39 is 11.7 Å². The Kier molecular flexibility index (Phi) is 4.20. The second-order valence-corrected chi connectivity index (χ2v) is 4.63. The third-order valence-electron chi connectivity index (χ3n) is 1.86. The highest BCUT2D eigenvalue weighted by molar-refractivity contribution is 6.04. The zero-order valence-corrected chi connectivity index (χ0v) is 10.7. The SMILES string of the molecule is C=CC(=O)c1ccnc(NC(=O)OC(C)(C)C)c1. The molecule has 0 aliphatic carbocycles. The predicted molar refractivity (Wildman–Crippen MR) is 68.6 cm³/mol. The van der Waals surface area contributed by atoms with E-state index in [0.717, 1.165) is 0 Å². The average Bonchev–Trinajstić information content (AvgIpc) is 2.25. The number of anilines is 1. The highest BCUT2D eigenvalue weighted by Crippen LogP contribution is 2.11. The summed E-state index contributed by atoms with van der Waals surface area (Å²) in [6.45, 7) is 8.68. The Balaban J connectivity index is 2.77. The average molecular weight is 248 g/mol. The maximum absolute atomic E-state index is 11.5. The smallest absolute Gasteiger partial charge is 0.413 e. The van der Waals surface area contributed by atoms with Crippen LogP contribution in [0.3, 0.4) is 0 Å². The zero-order valence-electron chi connectivity index (χ0n) is 10.7. The molecule has 5 heteroatoms. The number of hydrogen-bond acceptors (Lipinski definition) is 4. The van der Waals surface area contributed by atoms with Crippen LogP contribution < -0.4 is 5.32 Å². The maximum Gasteiger partial charge on any atom is 0.413 e. The molecule has 1 N–H and O–H groups in total. The zero-order chi connectivity index (χ0) is 13.8. The van der Waals surface area contributed by atoms with Crippen molar-refractivity contribution in [2.45, 2.75) is 26.4 Å². The molecule has 0 fully saturated rings. The molecule has 1 rings (SSSR count). The fourth-order valence-corrected chi connectivity index (χ4v) is 1.18. The number of ketones is 1. The molecule has 0 saturated carbocycles. The van der Waals surface area contributed by atoms with Gasteiger partial charge in [-0.25, -0.2) is 9.78 Å². The summed E-state index contributed by atoms with van der Waals surface area (Å²) in [5.74, 6) is 0.0292. The first kappa shape index (κ1) is 13.9. The lowest BCUT2D eigenvalue weighted by molar-refractivity contribution is 0.0635. The molecule has 0 radical (unpaired) electrons. The summed E-state index contributed by atoms with van der Waals surface area (Å²) in [7, 11) is 0. The van der Waals surface area contributed by atoms with Gasteiger partial charge in [-0.15, -0.1) is 0 Å². The van der Waals surface area contributed by atoms with Gasteiger partial charge in [0, 0.05) is 11.8 Å². The van der Waals surface area contributed by atoms with Gasteiger partial charge in [-0.05, 0) is 39.0 Å². The minimum atomic E-state index is -0.613. The molecule has 0 spiro atoms. The molecular formula is C13H16N2O3. The van der Waals surface area contributed by atoms with Gasteiger partial charge < -0.3 is 4.74 Å². The van der Waals surface area contributed by atoms with Crippen molar-refractivity contribution in [1.82, 2.24) is 4.98 Å². The standard InChI is InChI=1S/C13H16N2O3/c1-5-10(16)9-6-7-14-11(8-9)15-12(17)18-13(2,3)4/h5-8H,1H2,2-4H3,(H,14,15,17). The number of allylic oxidation sites excluding steroid dienone is 1. The number of nitrogens with one attached hydrogen (secondary N) is 1. The van der Waals surface area contributed by atoms with Gasteiger partial charge in [0.05, 0.1) is 0 Å². The van der Waals surface area contributed by atoms with Crippen molar-refractivity contribution in [2.24, 2.45) is 0 Å². The Hall–Kier alpha value is -2.17. The minimum absolute atomic E-state index is 0.232. The number of aromatic nitrogens is 1. The van der Waals surface area contributed by atoms with Gasteiger partial charge in [-0.2, -0.15) is 0 Å². The third-order valence-corrected chi connectivity index (χ3v) is 1.86. The first-order valence-electron chi connectivity index (χ1n) is 5.44. The Labute approximate surface area is 106 Å². The van der Waals surface area contributed by atoms with Crippen LogP contribution in [-0.4, -0.2) is 22.5 Å². The molecule has 0 atom stereocenters. The maximum atomic E-state index is 11.5. The van der Waals surface area contributed by atoms with Crippen LogP contribution in [0.15, 0.2) is 31.0 Å². The fourth-order valence-electron chi connectivity index (χ4n) is 1.18. The van der Waals surface area contributed by atoms with Crippen LogP contribution in [0, 0.1) is 0 Å². The van der Waals surface area contributed by atoms with E-state index in [1.165, 1.54) is 18.3 Å². The lowest BCUT2D eigenvalue weighted by Gasteiger charge is -2.19. The van der Waals surface area contributed by atoms with Crippen molar-refractivity contribution in [2.75, 3.05) is 5.32 Å². The summed E-state index contributed by atoms with van der Waals surface area (Å²) in [6, 6.07) is 3.01. The van der Waals surface area contributed by atoms with E-state index in [1.54, 1.807) is 26.8 Å². The Bertz CT molecular complexity index is 475. The first-order valence-corrected chi connectivity index (χ1v) is 5.44. The molecular weight excluding hydrogens is 232 g/mol. The van der Waals surface area contributed by atoms with E-state index in [-0.39, 0.29) is 11.6 Å². The van der Waals surface area contributed by atoms with E-state index in [1.807, 2.05) is 0 Å². The number of hydrogen-bond donors (Lipinski definition) is 1. The normalized spacial score (nSPS) is 10.6. The molecule has 0 saturated heterocycles. The summed E-state index contributed by atoms with van der Waals surface area (Å²) in [6.07, 6.45) is 2.02. The van der Waals surface area contributed by atoms with Crippen LogP contribution >= 0.6 is 0 Å². The summed E-state index contributed by atoms with van der Waals surface area (Å²) in [5.41, 5.74) is -0.176. The van der Waals surface area contributed by atoms with Crippen molar-refractivity contribution >= 4 is 17.7 Å².